The first-order valence-electron chi connectivity index (χ1n) is 4.76. The fourth-order valence-electron chi connectivity index (χ4n) is 1.17. The van der Waals surface area contributed by atoms with Gasteiger partial charge in [-0.15, -0.1) is 0 Å². The number of nitro groups is 1. The lowest BCUT2D eigenvalue weighted by Gasteiger charge is -2.16. The van der Waals surface area contributed by atoms with E-state index in [4.69, 9.17) is 0 Å². The summed E-state index contributed by atoms with van der Waals surface area (Å²) < 4.78 is 1.91. The van der Waals surface area contributed by atoms with E-state index in [1.807, 2.05) is 0 Å². The molecule has 0 spiro atoms. The summed E-state index contributed by atoms with van der Waals surface area (Å²) in [6.07, 6.45) is 0. The number of rotatable bonds is 5. The monoisotopic (exact) mass is 354 g/mol. The second-order valence-electron chi connectivity index (χ2n) is 3.78. The minimum Gasteiger partial charge on any atom is -0.390 e. The molecule has 1 aromatic heterocycles. The highest BCUT2D eigenvalue weighted by atomic mass is 79.9. The van der Waals surface area contributed by atoms with Crippen molar-refractivity contribution in [2.24, 2.45) is 11.8 Å². The molecule has 0 saturated heterocycles. The van der Waals surface area contributed by atoms with Crippen molar-refractivity contribution in [3.63, 3.8) is 0 Å². The van der Waals surface area contributed by atoms with Gasteiger partial charge in [0.15, 0.2) is 0 Å². The van der Waals surface area contributed by atoms with Crippen molar-refractivity contribution in [1.82, 2.24) is 14.8 Å². The van der Waals surface area contributed by atoms with E-state index >= 15 is 0 Å². The van der Waals surface area contributed by atoms with E-state index in [9.17, 15) is 10.1 Å². The molecule has 90 valence electrons. The lowest BCUT2D eigenvalue weighted by molar-refractivity contribution is -0.394. The Kier molecular flexibility index (Phi) is 4.85. The minimum absolute atomic E-state index is 0.359. The summed E-state index contributed by atoms with van der Waals surface area (Å²) in [6, 6.07) is 0. The molecule has 0 amide bonds. The zero-order chi connectivity index (χ0) is 12.3. The second-order valence-corrected chi connectivity index (χ2v) is 5.14. The van der Waals surface area contributed by atoms with Crippen LogP contribution < -0.4 is 0 Å². The quantitative estimate of drug-likeness (QED) is 0.462. The maximum atomic E-state index is 10.5. The molecule has 1 heterocycles. The van der Waals surface area contributed by atoms with Crippen molar-refractivity contribution in [3.05, 3.63) is 14.8 Å². The summed E-state index contributed by atoms with van der Waals surface area (Å²) in [5, 5.41) is 15.1. The maximum Gasteiger partial charge on any atom is 0.492 e. The number of halogens is 2. The molecule has 0 aliphatic heterocycles. The van der Waals surface area contributed by atoms with Gasteiger partial charge in [0.1, 0.15) is 0 Å². The molecule has 16 heavy (non-hydrogen) atoms. The average molecular weight is 356 g/mol. The third kappa shape index (κ3) is 3.24. The van der Waals surface area contributed by atoms with Gasteiger partial charge in [-0.1, -0.05) is 29.8 Å². The molecule has 0 fully saturated rings. The molecule has 0 bridgehead atoms. The van der Waals surface area contributed by atoms with Crippen LogP contribution in [0.1, 0.15) is 13.8 Å². The van der Waals surface area contributed by atoms with E-state index in [1.165, 1.54) is 4.68 Å². The molecule has 1 aromatic rings. The van der Waals surface area contributed by atoms with Crippen molar-refractivity contribution in [2.45, 2.75) is 20.4 Å². The highest BCUT2D eigenvalue weighted by molar-refractivity contribution is 9.10. The van der Waals surface area contributed by atoms with E-state index in [2.05, 4.69) is 55.8 Å². The Labute approximate surface area is 110 Å². The number of hydrogen-bond acceptors (Lipinski definition) is 4. The van der Waals surface area contributed by atoms with Gasteiger partial charge in [-0.2, -0.15) is 4.68 Å². The van der Waals surface area contributed by atoms with Gasteiger partial charge in [-0.05, 0) is 21.7 Å². The SMILES string of the molecule is CC(C)C(CBr)Cn1nc([N+](=O)[O-])nc1Br. The second kappa shape index (κ2) is 5.72. The molecule has 1 unspecified atom stereocenters. The molecule has 0 aliphatic rings. The predicted octanol–water partition coefficient (Wildman–Crippen LogP) is 2.62. The zero-order valence-electron chi connectivity index (χ0n) is 8.93. The van der Waals surface area contributed by atoms with Gasteiger partial charge in [-0.3, -0.25) is 0 Å². The third-order valence-corrected chi connectivity index (χ3v) is 3.75. The Bertz CT molecular complexity index is 380. The van der Waals surface area contributed by atoms with Crippen LogP contribution in [0.5, 0.6) is 0 Å². The fourth-order valence-corrected chi connectivity index (χ4v) is 2.50. The van der Waals surface area contributed by atoms with E-state index < -0.39 is 4.92 Å². The topological polar surface area (TPSA) is 73.8 Å². The predicted molar refractivity (Wildman–Crippen MR) is 66.5 cm³/mol. The first-order valence-corrected chi connectivity index (χ1v) is 6.67. The lowest BCUT2D eigenvalue weighted by Crippen LogP contribution is -2.19. The summed E-state index contributed by atoms with van der Waals surface area (Å²) in [7, 11) is 0. The summed E-state index contributed by atoms with van der Waals surface area (Å²) in [5.41, 5.74) is 0. The van der Waals surface area contributed by atoms with Gasteiger partial charge in [-0.25, -0.2) is 0 Å². The molecule has 1 atom stereocenters. The van der Waals surface area contributed by atoms with Crippen LogP contribution in [0.15, 0.2) is 4.73 Å². The summed E-state index contributed by atoms with van der Waals surface area (Å²) in [5.74, 6) is 0.455. The van der Waals surface area contributed by atoms with Crippen molar-refractivity contribution >= 4 is 37.8 Å². The van der Waals surface area contributed by atoms with Crippen LogP contribution >= 0.6 is 31.9 Å². The molecular weight excluding hydrogens is 344 g/mol. The molecule has 8 heteroatoms. The van der Waals surface area contributed by atoms with E-state index in [0.29, 0.717) is 23.1 Å². The fraction of sp³-hybridized carbons (Fsp3) is 0.750. The summed E-state index contributed by atoms with van der Waals surface area (Å²) in [6.45, 7) is 4.81. The Morgan fingerprint density at radius 2 is 2.19 bits per heavy atom. The van der Waals surface area contributed by atoms with Crippen LogP contribution in [0.25, 0.3) is 0 Å². The zero-order valence-corrected chi connectivity index (χ0v) is 12.1. The van der Waals surface area contributed by atoms with Gasteiger partial charge in [0.2, 0.25) is 0 Å². The molecule has 0 aliphatic carbocycles. The van der Waals surface area contributed by atoms with Crippen LogP contribution in [-0.2, 0) is 6.54 Å². The molecule has 1 rings (SSSR count). The van der Waals surface area contributed by atoms with Crippen LogP contribution in [0, 0.1) is 22.0 Å². The maximum absolute atomic E-state index is 10.5. The standard InChI is InChI=1S/C8H12Br2N4O2/c1-5(2)6(3-9)4-13-7(10)11-8(12-13)14(15)16/h5-6H,3-4H2,1-2H3. The van der Waals surface area contributed by atoms with Gasteiger partial charge in [0.25, 0.3) is 4.73 Å². The molecule has 0 aromatic carbocycles. The normalized spacial score (nSPS) is 13.1. The average Bonchev–Trinajstić information content (AvgIpc) is 2.56. The van der Waals surface area contributed by atoms with E-state index in [1.54, 1.807) is 0 Å². The van der Waals surface area contributed by atoms with Crippen LogP contribution in [-0.4, -0.2) is 25.0 Å². The van der Waals surface area contributed by atoms with Crippen molar-refractivity contribution in [2.75, 3.05) is 5.33 Å². The Hall–Kier alpha value is -0.500. The summed E-state index contributed by atoms with van der Waals surface area (Å²) in [4.78, 5) is 13.6. The Balaban J connectivity index is 2.84. The van der Waals surface area contributed by atoms with Gasteiger partial charge in [0.05, 0.1) is 6.54 Å². The third-order valence-electron chi connectivity index (χ3n) is 2.33. The van der Waals surface area contributed by atoms with Crippen LogP contribution in [0.2, 0.25) is 0 Å². The molecule has 0 saturated carbocycles. The van der Waals surface area contributed by atoms with Crippen molar-refractivity contribution in [1.29, 1.82) is 0 Å². The van der Waals surface area contributed by atoms with E-state index in [0.717, 1.165) is 5.33 Å². The Morgan fingerprint density at radius 1 is 1.56 bits per heavy atom. The first-order chi connectivity index (χ1) is 7.45. The molecule has 0 N–H and O–H groups in total. The van der Waals surface area contributed by atoms with Crippen molar-refractivity contribution < 1.29 is 4.92 Å². The van der Waals surface area contributed by atoms with Gasteiger partial charge < -0.3 is 10.1 Å². The minimum atomic E-state index is -0.597. The van der Waals surface area contributed by atoms with E-state index in [-0.39, 0.29) is 5.95 Å². The highest BCUT2D eigenvalue weighted by Crippen LogP contribution is 2.19. The van der Waals surface area contributed by atoms with Crippen LogP contribution in [0.3, 0.4) is 0 Å². The number of hydrogen-bond donors (Lipinski definition) is 0. The van der Waals surface area contributed by atoms with Crippen LogP contribution in [0.4, 0.5) is 5.95 Å². The number of nitrogens with zero attached hydrogens (tertiary/aromatic N) is 4. The molecular formula is C8H12Br2N4O2. The first kappa shape index (κ1) is 13.6. The van der Waals surface area contributed by atoms with Gasteiger partial charge >= 0.3 is 5.95 Å². The Morgan fingerprint density at radius 3 is 2.56 bits per heavy atom. The number of alkyl halides is 1. The largest absolute Gasteiger partial charge is 0.492 e. The summed E-state index contributed by atoms with van der Waals surface area (Å²) >= 11 is 6.59. The molecule has 6 nitrogen and oxygen atoms in total. The number of aromatic nitrogens is 3. The molecule has 0 radical (unpaired) electrons. The lowest BCUT2D eigenvalue weighted by atomic mass is 9.98. The van der Waals surface area contributed by atoms with Gasteiger partial charge in [0, 0.05) is 26.4 Å². The highest BCUT2D eigenvalue weighted by Gasteiger charge is 2.22. The smallest absolute Gasteiger partial charge is 0.390 e. The van der Waals surface area contributed by atoms with Crippen molar-refractivity contribution in [3.8, 4) is 0 Å².